The molecule has 2 fully saturated rings. The summed E-state index contributed by atoms with van der Waals surface area (Å²) in [6, 6.07) is 11.9. The van der Waals surface area contributed by atoms with Gasteiger partial charge >= 0.3 is 0 Å². The van der Waals surface area contributed by atoms with E-state index in [1.807, 2.05) is 35.2 Å². The molecule has 1 atom stereocenters. The molecule has 0 aliphatic carbocycles. The number of likely N-dealkylation sites (tertiary alicyclic amines) is 1. The Morgan fingerprint density at radius 2 is 1.92 bits per heavy atom. The van der Waals surface area contributed by atoms with Gasteiger partial charge in [-0.25, -0.2) is 0 Å². The van der Waals surface area contributed by atoms with Gasteiger partial charge in [-0.1, -0.05) is 35.5 Å². The van der Waals surface area contributed by atoms with Crippen LogP contribution in [-0.4, -0.2) is 66.2 Å². The second-order valence-corrected chi connectivity index (χ2v) is 6.42. The summed E-state index contributed by atoms with van der Waals surface area (Å²) in [6.45, 7) is 5.78. The first-order valence-electron chi connectivity index (χ1n) is 8.57. The van der Waals surface area contributed by atoms with Gasteiger partial charge in [-0.3, -0.25) is 9.69 Å². The van der Waals surface area contributed by atoms with Gasteiger partial charge in [-0.2, -0.15) is 0 Å². The van der Waals surface area contributed by atoms with E-state index in [1.165, 1.54) is 0 Å². The highest BCUT2D eigenvalue weighted by atomic mass is 35.5. The average Bonchev–Trinajstić information content (AvgIpc) is 3.33. The van der Waals surface area contributed by atoms with Gasteiger partial charge in [0.1, 0.15) is 0 Å². The van der Waals surface area contributed by atoms with Crippen LogP contribution < -0.4 is 5.32 Å². The van der Waals surface area contributed by atoms with Gasteiger partial charge in [-0.05, 0) is 6.42 Å². The molecule has 6 nitrogen and oxygen atoms in total. The highest BCUT2D eigenvalue weighted by molar-refractivity contribution is 5.93. The molecule has 2 saturated heterocycles. The van der Waals surface area contributed by atoms with Crippen molar-refractivity contribution >= 4 is 18.3 Å². The van der Waals surface area contributed by atoms with E-state index in [0.29, 0.717) is 17.5 Å². The van der Waals surface area contributed by atoms with Crippen molar-refractivity contribution in [2.24, 2.45) is 0 Å². The number of nitrogens with one attached hydrogen (secondary N) is 1. The summed E-state index contributed by atoms with van der Waals surface area (Å²) in [4.78, 5) is 17.1. The molecule has 1 unspecified atom stereocenters. The number of amides is 1. The minimum atomic E-state index is -0.0291. The summed E-state index contributed by atoms with van der Waals surface area (Å²) < 4.78 is 5.36. The molecule has 1 N–H and O–H groups in total. The topological polar surface area (TPSA) is 61.6 Å². The van der Waals surface area contributed by atoms with Crippen LogP contribution in [0.1, 0.15) is 16.9 Å². The zero-order valence-corrected chi connectivity index (χ0v) is 14.9. The Morgan fingerprint density at radius 3 is 2.68 bits per heavy atom. The third-order valence-electron chi connectivity index (χ3n) is 4.91. The monoisotopic (exact) mass is 362 g/mol. The van der Waals surface area contributed by atoms with E-state index in [0.717, 1.165) is 51.3 Å². The fourth-order valence-corrected chi connectivity index (χ4v) is 3.55. The van der Waals surface area contributed by atoms with Crippen LogP contribution in [0.2, 0.25) is 0 Å². The summed E-state index contributed by atoms with van der Waals surface area (Å²) in [7, 11) is 0. The number of halogens is 1. The van der Waals surface area contributed by atoms with Crippen LogP contribution in [0, 0.1) is 0 Å². The van der Waals surface area contributed by atoms with Crippen molar-refractivity contribution in [1.82, 2.24) is 20.3 Å². The first kappa shape index (κ1) is 17.9. The Hall–Kier alpha value is -1.89. The van der Waals surface area contributed by atoms with E-state index in [2.05, 4.69) is 15.4 Å². The summed E-state index contributed by atoms with van der Waals surface area (Å²) in [5, 5.41) is 7.36. The number of benzene rings is 1. The van der Waals surface area contributed by atoms with E-state index in [-0.39, 0.29) is 18.3 Å². The third kappa shape index (κ3) is 3.86. The van der Waals surface area contributed by atoms with E-state index >= 15 is 0 Å². The van der Waals surface area contributed by atoms with Gasteiger partial charge in [0.05, 0.1) is 0 Å². The number of hydrogen-bond donors (Lipinski definition) is 1. The molecule has 0 radical (unpaired) electrons. The maximum absolute atomic E-state index is 12.7. The lowest BCUT2D eigenvalue weighted by Gasteiger charge is -2.32. The van der Waals surface area contributed by atoms with Gasteiger partial charge in [0.2, 0.25) is 0 Å². The SMILES string of the molecule is Cl.O=C(c1cc(-c2ccccc2)on1)N1CCC(N2CCNCC2)C1. The Labute approximate surface area is 153 Å². The molecule has 134 valence electrons. The van der Waals surface area contributed by atoms with E-state index < -0.39 is 0 Å². The molecule has 1 amide bonds. The lowest BCUT2D eigenvalue weighted by atomic mass is 10.1. The van der Waals surface area contributed by atoms with Crippen molar-refractivity contribution in [2.75, 3.05) is 39.3 Å². The van der Waals surface area contributed by atoms with Crippen molar-refractivity contribution in [3.05, 3.63) is 42.1 Å². The smallest absolute Gasteiger partial charge is 0.276 e. The highest BCUT2D eigenvalue weighted by Crippen LogP contribution is 2.22. The number of aromatic nitrogens is 1. The van der Waals surface area contributed by atoms with Crippen molar-refractivity contribution < 1.29 is 9.32 Å². The summed E-state index contributed by atoms with van der Waals surface area (Å²) in [5.74, 6) is 0.607. The molecule has 25 heavy (non-hydrogen) atoms. The first-order chi connectivity index (χ1) is 11.8. The minimum absolute atomic E-state index is 0. The van der Waals surface area contributed by atoms with Gasteiger partial charge < -0.3 is 14.7 Å². The summed E-state index contributed by atoms with van der Waals surface area (Å²) >= 11 is 0. The molecule has 2 aliphatic rings. The Morgan fingerprint density at radius 1 is 1.16 bits per heavy atom. The normalized spacial score (nSPS) is 21.1. The van der Waals surface area contributed by atoms with Crippen LogP contribution in [-0.2, 0) is 0 Å². The Balaban J connectivity index is 0.00000182. The van der Waals surface area contributed by atoms with Crippen molar-refractivity contribution in [1.29, 1.82) is 0 Å². The zero-order chi connectivity index (χ0) is 16.4. The number of rotatable bonds is 3. The maximum Gasteiger partial charge on any atom is 0.276 e. The molecule has 0 spiro atoms. The molecule has 1 aromatic heterocycles. The fraction of sp³-hybridized carbons (Fsp3) is 0.444. The highest BCUT2D eigenvalue weighted by Gasteiger charge is 2.32. The maximum atomic E-state index is 12.7. The van der Waals surface area contributed by atoms with Gasteiger partial charge in [-0.15, -0.1) is 12.4 Å². The predicted molar refractivity (Wildman–Crippen MR) is 97.9 cm³/mol. The molecule has 2 aliphatic heterocycles. The molecule has 4 rings (SSSR count). The second-order valence-electron chi connectivity index (χ2n) is 6.42. The molecular weight excluding hydrogens is 340 g/mol. The lowest BCUT2D eigenvalue weighted by molar-refractivity contribution is 0.0763. The van der Waals surface area contributed by atoms with Gasteiger partial charge in [0.15, 0.2) is 11.5 Å². The van der Waals surface area contributed by atoms with Crippen LogP contribution >= 0.6 is 12.4 Å². The lowest BCUT2D eigenvalue weighted by Crippen LogP contribution is -2.49. The molecule has 1 aromatic carbocycles. The fourth-order valence-electron chi connectivity index (χ4n) is 3.55. The Bertz CT molecular complexity index is 700. The second kappa shape index (κ2) is 7.99. The average molecular weight is 363 g/mol. The van der Waals surface area contributed by atoms with E-state index in [9.17, 15) is 4.79 Å². The molecule has 3 heterocycles. The zero-order valence-electron chi connectivity index (χ0n) is 14.1. The van der Waals surface area contributed by atoms with Gasteiger partial charge in [0, 0.05) is 56.9 Å². The largest absolute Gasteiger partial charge is 0.355 e. The van der Waals surface area contributed by atoms with Gasteiger partial charge in [0.25, 0.3) is 5.91 Å². The predicted octanol–water partition coefficient (Wildman–Crippen LogP) is 1.88. The van der Waals surface area contributed by atoms with Crippen LogP contribution in [0.15, 0.2) is 40.9 Å². The summed E-state index contributed by atoms with van der Waals surface area (Å²) in [6.07, 6.45) is 1.04. The first-order valence-corrected chi connectivity index (χ1v) is 8.57. The van der Waals surface area contributed by atoms with E-state index in [1.54, 1.807) is 6.07 Å². The molecule has 2 aromatic rings. The van der Waals surface area contributed by atoms with Crippen LogP contribution in [0.3, 0.4) is 0 Å². The molecule has 7 heteroatoms. The minimum Gasteiger partial charge on any atom is -0.355 e. The van der Waals surface area contributed by atoms with E-state index in [4.69, 9.17) is 4.52 Å². The van der Waals surface area contributed by atoms with Crippen molar-refractivity contribution in [2.45, 2.75) is 12.5 Å². The molecule has 0 saturated carbocycles. The number of nitrogens with zero attached hydrogens (tertiary/aromatic N) is 3. The number of piperazine rings is 1. The van der Waals surface area contributed by atoms with Crippen molar-refractivity contribution in [3.63, 3.8) is 0 Å². The number of carbonyl (C=O) groups excluding carboxylic acids is 1. The van der Waals surface area contributed by atoms with Crippen molar-refractivity contribution in [3.8, 4) is 11.3 Å². The molecule has 0 bridgehead atoms. The van der Waals surface area contributed by atoms with Crippen LogP contribution in [0.4, 0.5) is 0 Å². The number of carbonyl (C=O) groups is 1. The molecular formula is C18H23ClN4O2. The standard InChI is InChI=1S/C18H22N4O2.ClH/c23-18(16-12-17(24-20-16)14-4-2-1-3-5-14)22-9-6-15(13-22)21-10-7-19-8-11-21;/h1-5,12,15,19H,6-11,13H2;1H. The van der Waals surface area contributed by atoms with Crippen LogP contribution in [0.25, 0.3) is 11.3 Å². The van der Waals surface area contributed by atoms with Crippen LogP contribution in [0.5, 0.6) is 0 Å². The third-order valence-corrected chi connectivity index (χ3v) is 4.91. The Kier molecular flexibility index (Phi) is 5.73. The summed E-state index contributed by atoms with van der Waals surface area (Å²) in [5.41, 5.74) is 1.33. The quantitative estimate of drug-likeness (QED) is 0.903. The number of hydrogen-bond acceptors (Lipinski definition) is 5.